The zero-order valence-electron chi connectivity index (χ0n) is 14.4. The quantitative estimate of drug-likeness (QED) is 0.641. The third-order valence-electron chi connectivity index (χ3n) is 4.57. The van der Waals surface area contributed by atoms with Crippen molar-refractivity contribution in [1.29, 1.82) is 0 Å². The van der Waals surface area contributed by atoms with Gasteiger partial charge in [-0.3, -0.25) is 0 Å². The lowest BCUT2D eigenvalue weighted by molar-refractivity contribution is -0.137. The van der Waals surface area contributed by atoms with Gasteiger partial charge in [0, 0.05) is 24.1 Å². The molecule has 0 radical (unpaired) electrons. The van der Waals surface area contributed by atoms with Gasteiger partial charge in [-0.2, -0.15) is 17.6 Å². The van der Waals surface area contributed by atoms with Gasteiger partial charge < -0.3 is 4.90 Å². The van der Waals surface area contributed by atoms with Crippen molar-refractivity contribution in [3.8, 4) is 0 Å². The molecule has 0 saturated heterocycles. The van der Waals surface area contributed by atoms with Gasteiger partial charge in [0.05, 0.1) is 5.56 Å². The van der Waals surface area contributed by atoms with E-state index < -0.39 is 11.7 Å². The van der Waals surface area contributed by atoms with Crippen LogP contribution in [-0.4, -0.2) is 23.0 Å². The Labute approximate surface area is 160 Å². The van der Waals surface area contributed by atoms with Crippen LogP contribution in [0, 0.1) is 0 Å². The largest absolute Gasteiger partial charge is 0.416 e. The average molecular weight is 386 g/mol. The van der Waals surface area contributed by atoms with Gasteiger partial charge in [-0.05, 0) is 59.3 Å². The minimum Gasteiger partial charge on any atom is -0.331 e. The zero-order chi connectivity index (χ0) is 18.9. The minimum atomic E-state index is -4.30. The molecule has 0 spiro atoms. The van der Waals surface area contributed by atoms with Crippen molar-refractivity contribution in [2.45, 2.75) is 12.6 Å². The van der Waals surface area contributed by atoms with Crippen LogP contribution in [0.25, 0.3) is 5.57 Å². The molecule has 0 N–H and O–H groups in total. The number of alkyl halides is 3. The van der Waals surface area contributed by atoms with Crippen LogP contribution in [0.4, 0.5) is 13.2 Å². The third-order valence-corrected chi connectivity index (χ3v) is 5.24. The molecule has 2 aliphatic rings. The van der Waals surface area contributed by atoms with E-state index >= 15 is 0 Å². The highest BCUT2D eigenvalue weighted by atomic mass is 32.2. The van der Waals surface area contributed by atoms with Crippen LogP contribution in [0.3, 0.4) is 0 Å². The van der Waals surface area contributed by atoms with Crippen molar-refractivity contribution in [2.75, 3.05) is 12.3 Å². The van der Waals surface area contributed by atoms with E-state index in [1.54, 1.807) is 11.9 Å². The lowest BCUT2D eigenvalue weighted by Crippen LogP contribution is -2.32. The van der Waals surface area contributed by atoms with Gasteiger partial charge in [-0.15, -0.1) is 0 Å². The molecule has 138 valence electrons. The summed E-state index contributed by atoms with van der Waals surface area (Å²) in [5.41, 5.74) is 3.47. The Bertz CT molecular complexity index is 910. The zero-order valence-corrected chi connectivity index (χ0v) is 15.2. The van der Waals surface area contributed by atoms with Crippen molar-refractivity contribution in [2.24, 2.45) is 4.40 Å². The summed E-state index contributed by atoms with van der Waals surface area (Å²) in [6, 6.07) is 13.5. The Morgan fingerprint density at radius 1 is 0.963 bits per heavy atom. The number of allylic oxidation sites excluding steroid dienone is 2. The van der Waals surface area contributed by atoms with Crippen LogP contribution in [0.5, 0.6) is 0 Å². The molecular weight excluding hydrogens is 369 g/mol. The smallest absolute Gasteiger partial charge is 0.331 e. The molecule has 0 saturated carbocycles. The summed E-state index contributed by atoms with van der Waals surface area (Å²) in [5.74, 6) is 1.96. The number of nitrogens with zero attached hydrogens (tertiary/aromatic N) is 2. The molecule has 0 fully saturated rings. The fraction of sp³-hybridized carbons (Fsp3) is 0.190. The molecule has 0 unspecified atom stereocenters. The van der Waals surface area contributed by atoms with Crippen LogP contribution >= 0.6 is 11.9 Å². The van der Waals surface area contributed by atoms with E-state index in [2.05, 4.69) is 15.4 Å². The van der Waals surface area contributed by atoms with E-state index in [1.807, 2.05) is 36.5 Å². The van der Waals surface area contributed by atoms with Crippen LogP contribution in [0.1, 0.15) is 22.3 Å². The normalized spacial score (nSPS) is 16.6. The second-order valence-electron chi connectivity index (χ2n) is 6.43. The molecule has 0 aliphatic carbocycles. The van der Waals surface area contributed by atoms with E-state index in [0.717, 1.165) is 52.5 Å². The maximum Gasteiger partial charge on any atom is 0.416 e. The monoisotopic (exact) mass is 386 g/mol. The lowest BCUT2D eigenvalue weighted by atomic mass is 9.98. The van der Waals surface area contributed by atoms with Gasteiger partial charge in [0.2, 0.25) is 0 Å². The number of hydrogen-bond donors (Lipinski definition) is 0. The number of halogens is 3. The van der Waals surface area contributed by atoms with Crippen molar-refractivity contribution in [1.82, 2.24) is 4.90 Å². The van der Waals surface area contributed by atoms with Gasteiger partial charge >= 0.3 is 6.18 Å². The number of hydrogen-bond acceptors (Lipinski definition) is 3. The molecule has 2 heterocycles. The predicted octanol–water partition coefficient (Wildman–Crippen LogP) is 5.57. The molecule has 4 rings (SSSR count). The molecule has 0 bridgehead atoms. The van der Waals surface area contributed by atoms with Gasteiger partial charge in [0.1, 0.15) is 5.84 Å². The summed E-state index contributed by atoms with van der Waals surface area (Å²) in [6.45, 7) is 0.948. The summed E-state index contributed by atoms with van der Waals surface area (Å²) >= 11 is 1.58. The molecule has 2 aromatic carbocycles. The summed E-state index contributed by atoms with van der Waals surface area (Å²) in [7, 11) is 0. The Morgan fingerprint density at radius 3 is 2.30 bits per heavy atom. The minimum absolute atomic E-state index is 0.598. The SMILES string of the molecule is FC(F)(F)c1ccc(Cc2ccc(C3=CC=CN4CCSN=C34)cc2)cc1. The second kappa shape index (κ2) is 7.27. The van der Waals surface area contributed by atoms with Gasteiger partial charge in [-0.25, -0.2) is 0 Å². The van der Waals surface area contributed by atoms with Crippen molar-refractivity contribution >= 4 is 23.4 Å². The highest BCUT2D eigenvalue weighted by molar-refractivity contribution is 7.98. The van der Waals surface area contributed by atoms with Gasteiger partial charge in [-0.1, -0.05) is 36.4 Å². The highest BCUT2D eigenvalue weighted by Gasteiger charge is 2.29. The van der Waals surface area contributed by atoms with E-state index in [-0.39, 0.29) is 0 Å². The van der Waals surface area contributed by atoms with Crippen LogP contribution in [0.15, 0.2) is 71.3 Å². The fourth-order valence-corrected chi connectivity index (χ4v) is 3.84. The summed E-state index contributed by atoms with van der Waals surface area (Å²) in [6.07, 6.45) is 2.43. The lowest BCUT2D eigenvalue weighted by Gasteiger charge is -2.29. The second-order valence-corrected chi connectivity index (χ2v) is 7.28. The topological polar surface area (TPSA) is 15.6 Å². The van der Waals surface area contributed by atoms with Gasteiger partial charge in [0.25, 0.3) is 0 Å². The molecule has 6 heteroatoms. The molecule has 2 aromatic rings. The van der Waals surface area contributed by atoms with Crippen LogP contribution in [0.2, 0.25) is 0 Å². The third kappa shape index (κ3) is 3.95. The first-order valence-corrected chi connectivity index (χ1v) is 9.56. The summed E-state index contributed by atoms with van der Waals surface area (Å²) in [5, 5.41) is 0. The number of benzene rings is 2. The molecule has 0 amide bonds. The number of rotatable bonds is 3. The average Bonchev–Trinajstić information content (AvgIpc) is 2.68. The van der Waals surface area contributed by atoms with E-state index in [4.69, 9.17) is 0 Å². The number of fused-ring (bicyclic) bond motifs is 1. The molecule has 2 aliphatic heterocycles. The van der Waals surface area contributed by atoms with Crippen LogP contribution < -0.4 is 0 Å². The van der Waals surface area contributed by atoms with Crippen LogP contribution in [-0.2, 0) is 12.6 Å². The first-order valence-electron chi connectivity index (χ1n) is 8.62. The first kappa shape index (κ1) is 17.9. The maximum absolute atomic E-state index is 12.7. The Morgan fingerprint density at radius 2 is 1.63 bits per heavy atom. The van der Waals surface area contributed by atoms with E-state index in [0.29, 0.717) is 6.42 Å². The van der Waals surface area contributed by atoms with Crippen molar-refractivity contribution in [3.05, 3.63) is 89.1 Å². The fourth-order valence-electron chi connectivity index (χ4n) is 3.15. The first-order chi connectivity index (χ1) is 13.0. The Balaban J connectivity index is 1.50. The maximum atomic E-state index is 12.7. The number of amidine groups is 1. The molecule has 0 atom stereocenters. The summed E-state index contributed by atoms with van der Waals surface area (Å²) in [4.78, 5) is 2.15. The highest BCUT2D eigenvalue weighted by Crippen LogP contribution is 2.30. The van der Waals surface area contributed by atoms with E-state index in [1.165, 1.54) is 12.1 Å². The Kier molecular flexibility index (Phi) is 4.83. The molecule has 0 aromatic heterocycles. The molecular formula is C21H17F3N2S. The van der Waals surface area contributed by atoms with Crippen molar-refractivity contribution in [3.63, 3.8) is 0 Å². The molecule has 27 heavy (non-hydrogen) atoms. The summed E-state index contributed by atoms with van der Waals surface area (Å²) < 4.78 is 42.6. The predicted molar refractivity (Wildman–Crippen MR) is 104 cm³/mol. The Hall–Kier alpha value is -2.47. The van der Waals surface area contributed by atoms with E-state index in [9.17, 15) is 13.2 Å². The van der Waals surface area contributed by atoms with Crippen molar-refractivity contribution < 1.29 is 13.2 Å². The van der Waals surface area contributed by atoms with Gasteiger partial charge in [0.15, 0.2) is 0 Å². The standard InChI is InChI=1S/C21H17F3N2S/c22-21(23,24)18-9-5-16(6-10-18)14-15-3-7-17(8-4-15)19-2-1-11-26-12-13-27-25-20(19)26/h1-11H,12-14H2. The molecule has 2 nitrogen and oxygen atoms in total.